The van der Waals surface area contributed by atoms with Gasteiger partial charge >= 0.3 is 0 Å². The lowest BCUT2D eigenvalue weighted by Gasteiger charge is -2.12. The van der Waals surface area contributed by atoms with Crippen LogP contribution in [0.3, 0.4) is 0 Å². The molecule has 21 heavy (non-hydrogen) atoms. The van der Waals surface area contributed by atoms with Crippen molar-refractivity contribution < 1.29 is 17.2 Å². The molecule has 0 aromatic heterocycles. The maximum atomic E-state index is 13.5. The van der Waals surface area contributed by atoms with Gasteiger partial charge in [0.15, 0.2) is 0 Å². The van der Waals surface area contributed by atoms with Crippen LogP contribution in [0.5, 0.6) is 0 Å². The molecule has 4 nitrogen and oxygen atoms in total. The molecule has 2 aromatic rings. The van der Waals surface area contributed by atoms with Gasteiger partial charge in [-0.15, -0.1) is 0 Å². The molecule has 112 valence electrons. The predicted molar refractivity (Wildman–Crippen MR) is 76.5 cm³/mol. The third-order valence-electron chi connectivity index (χ3n) is 2.72. The molecule has 2 rings (SSSR count). The lowest BCUT2D eigenvalue weighted by Crippen LogP contribution is -2.16. The zero-order valence-corrected chi connectivity index (χ0v) is 12.2. The van der Waals surface area contributed by atoms with Crippen molar-refractivity contribution in [3.8, 4) is 0 Å². The zero-order valence-electron chi connectivity index (χ0n) is 10.6. The van der Waals surface area contributed by atoms with Crippen molar-refractivity contribution in [2.45, 2.75) is 11.4 Å². The summed E-state index contributed by atoms with van der Waals surface area (Å²) in [5.41, 5.74) is 5.20. The second-order valence-electron chi connectivity index (χ2n) is 4.17. The van der Waals surface area contributed by atoms with Gasteiger partial charge in [0.25, 0.3) is 10.0 Å². The highest BCUT2D eigenvalue weighted by Gasteiger charge is 2.22. The van der Waals surface area contributed by atoms with E-state index in [-0.39, 0.29) is 16.5 Å². The van der Waals surface area contributed by atoms with E-state index in [1.165, 1.54) is 12.1 Å². The highest BCUT2D eigenvalue weighted by molar-refractivity contribution is 7.92. The fraction of sp³-hybridized carbons (Fsp3) is 0.0769. The molecule has 0 atom stereocenters. The topological polar surface area (TPSA) is 72.2 Å². The van der Waals surface area contributed by atoms with E-state index in [2.05, 4.69) is 0 Å². The van der Waals surface area contributed by atoms with Crippen LogP contribution in [0.15, 0.2) is 41.3 Å². The third-order valence-corrected chi connectivity index (χ3v) is 4.55. The van der Waals surface area contributed by atoms with Crippen molar-refractivity contribution in [1.29, 1.82) is 0 Å². The van der Waals surface area contributed by atoms with E-state index in [9.17, 15) is 17.2 Å². The smallest absolute Gasteiger partial charge is 0.263 e. The standard InChI is InChI=1S/C13H11ClF2N2O2S/c14-9-5-4-8(7-17)6-12(9)21(19,20)18-13-10(15)2-1-3-11(13)16/h1-6,18H,7,17H2. The molecule has 0 unspecified atom stereocenters. The normalized spacial score (nSPS) is 11.4. The summed E-state index contributed by atoms with van der Waals surface area (Å²) in [7, 11) is -4.24. The average Bonchev–Trinajstić information content (AvgIpc) is 2.43. The number of anilines is 1. The monoisotopic (exact) mass is 332 g/mol. The molecule has 0 aliphatic carbocycles. The Labute approximate surface area is 125 Å². The fourth-order valence-electron chi connectivity index (χ4n) is 1.67. The van der Waals surface area contributed by atoms with E-state index < -0.39 is 27.3 Å². The Hall–Kier alpha value is -1.70. The van der Waals surface area contributed by atoms with Crippen LogP contribution < -0.4 is 10.5 Å². The summed E-state index contributed by atoms with van der Waals surface area (Å²) in [6.07, 6.45) is 0. The van der Waals surface area contributed by atoms with E-state index in [1.54, 1.807) is 6.07 Å². The molecular weight excluding hydrogens is 322 g/mol. The van der Waals surface area contributed by atoms with E-state index in [0.29, 0.717) is 5.56 Å². The third kappa shape index (κ3) is 3.31. The van der Waals surface area contributed by atoms with Crippen LogP contribution in [0.1, 0.15) is 5.56 Å². The predicted octanol–water partition coefficient (Wildman–Crippen LogP) is 2.88. The van der Waals surface area contributed by atoms with Crippen molar-refractivity contribution in [2.75, 3.05) is 4.72 Å². The van der Waals surface area contributed by atoms with Gasteiger partial charge in [-0.25, -0.2) is 17.2 Å². The van der Waals surface area contributed by atoms with Crippen LogP contribution in [-0.2, 0) is 16.6 Å². The number of hydrogen-bond acceptors (Lipinski definition) is 3. The van der Waals surface area contributed by atoms with Crippen molar-refractivity contribution >= 4 is 27.3 Å². The van der Waals surface area contributed by atoms with Crippen LogP contribution in [0.25, 0.3) is 0 Å². The summed E-state index contributed by atoms with van der Waals surface area (Å²) in [5.74, 6) is -2.05. The molecule has 0 saturated carbocycles. The first-order valence-corrected chi connectivity index (χ1v) is 7.66. The Kier molecular flexibility index (Phi) is 4.46. The van der Waals surface area contributed by atoms with Gasteiger partial charge in [-0.3, -0.25) is 4.72 Å². The van der Waals surface area contributed by atoms with Crippen LogP contribution in [0.4, 0.5) is 14.5 Å². The SMILES string of the molecule is NCc1ccc(Cl)c(S(=O)(=O)Nc2c(F)cccc2F)c1. The van der Waals surface area contributed by atoms with E-state index >= 15 is 0 Å². The van der Waals surface area contributed by atoms with Crippen LogP contribution in [0.2, 0.25) is 5.02 Å². The number of para-hydroxylation sites is 1. The largest absolute Gasteiger partial charge is 0.326 e. The van der Waals surface area contributed by atoms with Crippen molar-refractivity contribution in [1.82, 2.24) is 0 Å². The highest BCUT2D eigenvalue weighted by atomic mass is 35.5. The van der Waals surface area contributed by atoms with Gasteiger partial charge < -0.3 is 5.73 Å². The Bertz CT molecular complexity index is 761. The Morgan fingerprint density at radius 1 is 1.14 bits per heavy atom. The molecule has 3 N–H and O–H groups in total. The molecule has 2 aromatic carbocycles. The van der Waals surface area contributed by atoms with Gasteiger partial charge in [-0.05, 0) is 29.8 Å². The summed E-state index contributed by atoms with van der Waals surface area (Å²) < 4.78 is 53.4. The Balaban J connectivity index is 2.48. The molecular formula is C13H11ClF2N2O2S. The molecule has 0 amide bonds. The molecule has 0 heterocycles. The molecule has 0 aliphatic heterocycles. The van der Waals surface area contributed by atoms with E-state index in [1.807, 2.05) is 4.72 Å². The average molecular weight is 333 g/mol. The van der Waals surface area contributed by atoms with Gasteiger partial charge in [0.1, 0.15) is 22.2 Å². The minimum Gasteiger partial charge on any atom is -0.326 e. The lowest BCUT2D eigenvalue weighted by molar-refractivity contribution is 0.583. The molecule has 0 fully saturated rings. The number of sulfonamides is 1. The van der Waals surface area contributed by atoms with Gasteiger partial charge in [0, 0.05) is 6.54 Å². The van der Waals surface area contributed by atoms with E-state index in [4.69, 9.17) is 17.3 Å². The van der Waals surface area contributed by atoms with Crippen molar-refractivity contribution in [3.05, 3.63) is 58.6 Å². The number of rotatable bonds is 4. The quantitative estimate of drug-likeness (QED) is 0.904. The lowest BCUT2D eigenvalue weighted by atomic mass is 10.2. The number of nitrogens with two attached hydrogens (primary N) is 1. The molecule has 0 radical (unpaired) electrons. The van der Waals surface area contributed by atoms with Crippen molar-refractivity contribution in [2.24, 2.45) is 5.73 Å². The van der Waals surface area contributed by atoms with Gasteiger partial charge in [-0.1, -0.05) is 23.7 Å². The van der Waals surface area contributed by atoms with Gasteiger partial charge in [-0.2, -0.15) is 0 Å². The van der Waals surface area contributed by atoms with Crippen LogP contribution >= 0.6 is 11.6 Å². The molecule has 8 heteroatoms. The number of benzene rings is 2. The molecule has 0 bridgehead atoms. The number of hydrogen-bond donors (Lipinski definition) is 2. The Morgan fingerprint density at radius 2 is 1.76 bits per heavy atom. The first-order valence-electron chi connectivity index (χ1n) is 5.80. The highest BCUT2D eigenvalue weighted by Crippen LogP contribution is 2.27. The summed E-state index contributed by atoms with van der Waals surface area (Å²) >= 11 is 5.84. The maximum absolute atomic E-state index is 13.5. The fourth-order valence-corrected chi connectivity index (χ4v) is 3.29. The first kappa shape index (κ1) is 15.7. The molecule has 0 saturated heterocycles. The number of nitrogens with one attached hydrogen (secondary N) is 1. The van der Waals surface area contributed by atoms with Gasteiger partial charge in [0.2, 0.25) is 0 Å². The molecule has 0 aliphatic rings. The zero-order chi connectivity index (χ0) is 15.6. The number of halogens is 3. The summed E-state index contributed by atoms with van der Waals surface area (Å²) in [6.45, 7) is 0.105. The molecule has 0 spiro atoms. The minimum absolute atomic E-state index is 0.0727. The summed E-state index contributed by atoms with van der Waals surface area (Å²) in [4.78, 5) is -0.297. The minimum atomic E-state index is -4.24. The van der Waals surface area contributed by atoms with Crippen molar-refractivity contribution in [3.63, 3.8) is 0 Å². The summed E-state index contributed by atoms with van der Waals surface area (Å²) in [6, 6.07) is 7.19. The van der Waals surface area contributed by atoms with Gasteiger partial charge in [0.05, 0.1) is 5.02 Å². The maximum Gasteiger partial charge on any atom is 0.263 e. The van der Waals surface area contributed by atoms with Crippen LogP contribution in [-0.4, -0.2) is 8.42 Å². The van der Waals surface area contributed by atoms with E-state index in [0.717, 1.165) is 18.2 Å². The Morgan fingerprint density at radius 3 is 2.33 bits per heavy atom. The van der Waals surface area contributed by atoms with Crippen LogP contribution in [0, 0.1) is 11.6 Å². The first-order chi connectivity index (χ1) is 9.85. The second-order valence-corrected chi connectivity index (χ2v) is 6.23. The second kappa shape index (κ2) is 5.97. The summed E-state index contributed by atoms with van der Waals surface area (Å²) in [5, 5.41) is -0.0727.